The van der Waals surface area contributed by atoms with Gasteiger partial charge in [-0.3, -0.25) is 14.4 Å². The van der Waals surface area contributed by atoms with Crippen molar-refractivity contribution in [3.05, 3.63) is 63.6 Å². The molecule has 1 aromatic heterocycles. The van der Waals surface area contributed by atoms with Crippen molar-refractivity contribution in [1.29, 1.82) is 0 Å². The molecule has 0 radical (unpaired) electrons. The first-order valence-corrected chi connectivity index (χ1v) is 12.1. The highest BCUT2D eigenvalue weighted by Gasteiger charge is 2.30. The lowest BCUT2D eigenvalue weighted by atomic mass is 9.95. The number of hydrogen-bond donors (Lipinski definition) is 2. The van der Waals surface area contributed by atoms with Crippen LogP contribution >= 0.6 is 11.3 Å². The van der Waals surface area contributed by atoms with Gasteiger partial charge in [0.2, 0.25) is 15.9 Å². The normalized spacial score (nSPS) is 13.9. The van der Waals surface area contributed by atoms with E-state index in [9.17, 15) is 14.4 Å². The average Bonchev–Trinajstić information content (AvgIpc) is 3.37. The van der Waals surface area contributed by atoms with Gasteiger partial charge in [-0.05, 0) is 68.1 Å². The number of amides is 3. The molecule has 35 heavy (non-hydrogen) atoms. The lowest BCUT2D eigenvalue weighted by molar-refractivity contribution is -0.121. The molecule has 0 aliphatic carbocycles. The molecule has 1 fully saturated rings. The fraction of sp³-hybridized carbons (Fsp3) is 0.320. The third kappa shape index (κ3) is 5.65. The van der Waals surface area contributed by atoms with Gasteiger partial charge in [-0.1, -0.05) is 23.5 Å². The van der Waals surface area contributed by atoms with Crippen LogP contribution in [0.5, 0.6) is 5.75 Å². The van der Waals surface area contributed by atoms with Crippen LogP contribution in [-0.2, 0) is 4.79 Å². The van der Waals surface area contributed by atoms with E-state index in [0.29, 0.717) is 37.4 Å². The van der Waals surface area contributed by atoms with Gasteiger partial charge in [-0.2, -0.15) is 0 Å². The number of piperidine rings is 1. The van der Waals surface area contributed by atoms with Gasteiger partial charge in [0.05, 0.1) is 7.11 Å². The Bertz CT molecular complexity index is 1230. The topological polar surface area (TPSA) is 114 Å². The molecule has 2 aromatic carbocycles. The summed E-state index contributed by atoms with van der Waals surface area (Å²) in [7, 11) is 1.57. The molecular formula is C25H27N5O4S. The first-order valence-electron chi connectivity index (χ1n) is 11.3. The van der Waals surface area contributed by atoms with Crippen molar-refractivity contribution in [2.75, 3.05) is 30.8 Å². The van der Waals surface area contributed by atoms with Gasteiger partial charge >= 0.3 is 0 Å². The molecule has 9 nitrogen and oxygen atoms in total. The summed E-state index contributed by atoms with van der Waals surface area (Å²) >= 11 is 0.952. The minimum atomic E-state index is -0.437. The fourth-order valence-electron chi connectivity index (χ4n) is 3.86. The number of nitrogens with one attached hydrogen (secondary N) is 2. The quantitative estimate of drug-likeness (QED) is 0.538. The van der Waals surface area contributed by atoms with Gasteiger partial charge < -0.3 is 20.3 Å². The van der Waals surface area contributed by atoms with Crippen molar-refractivity contribution in [2.24, 2.45) is 5.92 Å². The molecule has 0 unspecified atom stereocenters. The standard InChI is InChI=1S/C25H27N5O4S/c1-15-5-4-6-20(16(15)2)27-21(31)17-11-13-30(14-12-17)25(33)24-29-28-23(35-24)22(32)26-18-7-9-19(34-3)10-8-18/h4-10,17H,11-14H2,1-3H3,(H,26,32)(H,27,31). The molecule has 4 rings (SSSR count). The van der Waals surface area contributed by atoms with Gasteiger partial charge in [0.25, 0.3) is 11.8 Å². The Morgan fingerprint density at radius 2 is 1.66 bits per heavy atom. The second kappa shape index (κ2) is 10.6. The lowest BCUT2D eigenvalue weighted by Gasteiger charge is -2.30. The maximum Gasteiger partial charge on any atom is 0.286 e. The number of carbonyl (C=O) groups is 3. The number of ether oxygens (including phenoxy) is 1. The second-order valence-corrected chi connectivity index (χ2v) is 9.38. The first-order chi connectivity index (χ1) is 16.9. The minimum absolute atomic E-state index is 0.0285. The van der Waals surface area contributed by atoms with Crippen molar-refractivity contribution in [1.82, 2.24) is 15.1 Å². The van der Waals surface area contributed by atoms with Gasteiger partial charge in [0.1, 0.15) is 5.75 Å². The number of rotatable bonds is 6. The maximum absolute atomic E-state index is 12.9. The summed E-state index contributed by atoms with van der Waals surface area (Å²) in [4.78, 5) is 39.8. The molecule has 0 bridgehead atoms. The number of methoxy groups -OCH3 is 1. The van der Waals surface area contributed by atoms with Crippen LogP contribution in [0.2, 0.25) is 0 Å². The second-order valence-electron chi connectivity index (χ2n) is 8.40. The Morgan fingerprint density at radius 3 is 2.34 bits per heavy atom. The van der Waals surface area contributed by atoms with E-state index in [0.717, 1.165) is 28.2 Å². The van der Waals surface area contributed by atoms with Crippen LogP contribution in [0.25, 0.3) is 0 Å². The number of carbonyl (C=O) groups excluding carboxylic acids is 3. The summed E-state index contributed by atoms with van der Waals surface area (Å²) in [5.74, 6) is -0.232. The van der Waals surface area contributed by atoms with Crippen LogP contribution in [0.4, 0.5) is 11.4 Å². The molecule has 0 saturated carbocycles. The van der Waals surface area contributed by atoms with Crippen LogP contribution in [0.15, 0.2) is 42.5 Å². The monoisotopic (exact) mass is 493 g/mol. The highest BCUT2D eigenvalue weighted by Crippen LogP contribution is 2.24. The van der Waals surface area contributed by atoms with Gasteiger partial charge in [0, 0.05) is 30.4 Å². The highest BCUT2D eigenvalue weighted by molar-refractivity contribution is 7.15. The molecule has 1 aliphatic rings. The van der Waals surface area contributed by atoms with Gasteiger partial charge in [-0.15, -0.1) is 10.2 Å². The molecule has 0 atom stereocenters. The molecule has 2 heterocycles. The summed E-state index contributed by atoms with van der Waals surface area (Å²) in [6.45, 7) is 4.88. The van der Waals surface area contributed by atoms with E-state index in [1.165, 1.54) is 0 Å². The van der Waals surface area contributed by atoms with Crippen LogP contribution in [0, 0.1) is 19.8 Å². The number of hydrogen-bond acceptors (Lipinski definition) is 7. The van der Waals surface area contributed by atoms with E-state index >= 15 is 0 Å². The Balaban J connectivity index is 1.31. The molecule has 0 spiro atoms. The zero-order chi connectivity index (χ0) is 24.9. The van der Waals surface area contributed by atoms with E-state index in [4.69, 9.17) is 4.74 Å². The van der Waals surface area contributed by atoms with E-state index in [2.05, 4.69) is 20.8 Å². The molecule has 10 heteroatoms. The van der Waals surface area contributed by atoms with Crippen molar-refractivity contribution in [3.8, 4) is 5.75 Å². The minimum Gasteiger partial charge on any atom is -0.497 e. The zero-order valence-corrected chi connectivity index (χ0v) is 20.6. The van der Waals surface area contributed by atoms with Crippen LogP contribution in [0.1, 0.15) is 43.6 Å². The maximum atomic E-state index is 12.9. The number of benzene rings is 2. The van der Waals surface area contributed by atoms with Crippen molar-refractivity contribution < 1.29 is 19.1 Å². The third-order valence-corrected chi connectivity index (χ3v) is 7.08. The van der Waals surface area contributed by atoms with Crippen molar-refractivity contribution >= 4 is 40.4 Å². The molecule has 3 amide bonds. The van der Waals surface area contributed by atoms with Crippen LogP contribution < -0.4 is 15.4 Å². The predicted octanol–water partition coefficient (Wildman–Crippen LogP) is 3.91. The summed E-state index contributed by atoms with van der Waals surface area (Å²) in [5.41, 5.74) is 3.58. The number of aromatic nitrogens is 2. The largest absolute Gasteiger partial charge is 0.497 e. The summed E-state index contributed by atoms with van der Waals surface area (Å²) in [5, 5.41) is 13.8. The van der Waals surface area contributed by atoms with Gasteiger partial charge in [-0.25, -0.2) is 0 Å². The Hall–Kier alpha value is -3.79. The van der Waals surface area contributed by atoms with Crippen molar-refractivity contribution in [2.45, 2.75) is 26.7 Å². The van der Waals surface area contributed by atoms with Crippen LogP contribution in [-0.4, -0.2) is 53.0 Å². The van der Waals surface area contributed by atoms with E-state index < -0.39 is 5.91 Å². The Kier molecular flexibility index (Phi) is 7.40. The van der Waals surface area contributed by atoms with E-state index in [-0.39, 0.29) is 27.7 Å². The lowest BCUT2D eigenvalue weighted by Crippen LogP contribution is -2.41. The fourth-order valence-corrected chi connectivity index (χ4v) is 4.57. The number of anilines is 2. The number of aryl methyl sites for hydroxylation is 1. The van der Waals surface area contributed by atoms with E-state index in [1.807, 2.05) is 32.0 Å². The average molecular weight is 494 g/mol. The number of likely N-dealkylation sites (tertiary alicyclic amines) is 1. The summed E-state index contributed by atoms with van der Waals surface area (Å²) in [6, 6.07) is 12.7. The molecular weight excluding hydrogens is 466 g/mol. The van der Waals surface area contributed by atoms with E-state index in [1.54, 1.807) is 36.3 Å². The molecule has 1 saturated heterocycles. The summed E-state index contributed by atoms with van der Waals surface area (Å²) < 4.78 is 5.10. The Morgan fingerprint density at radius 1 is 0.971 bits per heavy atom. The van der Waals surface area contributed by atoms with Gasteiger partial charge in [0.15, 0.2) is 0 Å². The zero-order valence-electron chi connectivity index (χ0n) is 19.8. The van der Waals surface area contributed by atoms with Crippen molar-refractivity contribution in [3.63, 3.8) is 0 Å². The number of nitrogens with zero attached hydrogens (tertiary/aromatic N) is 3. The highest BCUT2D eigenvalue weighted by atomic mass is 32.1. The predicted molar refractivity (Wildman–Crippen MR) is 134 cm³/mol. The summed E-state index contributed by atoms with van der Waals surface area (Å²) in [6.07, 6.45) is 1.12. The third-order valence-electron chi connectivity index (χ3n) is 6.17. The molecule has 1 aliphatic heterocycles. The van der Waals surface area contributed by atoms with Crippen LogP contribution in [0.3, 0.4) is 0 Å². The molecule has 182 valence electrons. The molecule has 3 aromatic rings. The SMILES string of the molecule is COc1ccc(NC(=O)c2nnc(C(=O)N3CCC(C(=O)Nc4cccc(C)c4C)CC3)s2)cc1. The Labute approximate surface area is 207 Å². The first kappa shape index (κ1) is 24.3. The smallest absolute Gasteiger partial charge is 0.286 e. The molecule has 2 N–H and O–H groups in total.